The Labute approximate surface area is 171 Å². The lowest BCUT2D eigenvalue weighted by molar-refractivity contribution is -0.142. The van der Waals surface area contributed by atoms with Crippen LogP contribution < -0.4 is 10.6 Å². The fourth-order valence-corrected chi connectivity index (χ4v) is 4.24. The third-order valence-electron chi connectivity index (χ3n) is 3.96. The number of halogens is 1. The average Bonchev–Trinajstić information content (AvgIpc) is 3.16. The summed E-state index contributed by atoms with van der Waals surface area (Å²) >= 11 is 3.26. The highest BCUT2D eigenvalue weighted by molar-refractivity contribution is 9.10. The number of nitrogens with one attached hydrogen (secondary N) is 2. The molecule has 0 radical (unpaired) electrons. The van der Waals surface area contributed by atoms with Gasteiger partial charge in [-0.2, -0.15) is 4.31 Å². The molecule has 2 amide bonds. The number of benzene rings is 1. The first-order valence-electron chi connectivity index (χ1n) is 8.30. The SMILES string of the molecule is COC(CNC(=O)C(=O)NC[C@@H]1OCCN1S(=O)(=O)c1ccc(Br)cc1)OC. The molecule has 156 valence electrons. The summed E-state index contributed by atoms with van der Waals surface area (Å²) in [7, 11) is -0.996. The highest BCUT2D eigenvalue weighted by Crippen LogP contribution is 2.23. The van der Waals surface area contributed by atoms with Gasteiger partial charge in [-0.25, -0.2) is 8.42 Å². The number of hydrogen-bond acceptors (Lipinski definition) is 7. The Kier molecular flexibility index (Phi) is 8.34. The molecular formula is C16H22BrN3O7S. The van der Waals surface area contributed by atoms with Gasteiger partial charge in [0.25, 0.3) is 0 Å². The molecular weight excluding hydrogens is 458 g/mol. The zero-order valence-corrected chi connectivity index (χ0v) is 17.8. The maximum Gasteiger partial charge on any atom is 0.309 e. The summed E-state index contributed by atoms with van der Waals surface area (Å²) in [6.45, 7) is 0.156. The maximum absolute atomic E-state index is 12.8. The van der Waals surface area contributed by atoms with Crippen molar-refractivity contribution >= 4 is 37.8 Å². The zero-order valence-electron chi connectivity index (χ0n) is 15.4. The van der Waals surface area contributed by atoms with Gasteiger partial charge >= 0.3 is 11.8 Å². The van der Waals surface area contributed by atoms with Gasteiger partial charge in [0.1, 0.15) is 6.23 Å². The van der Waals surface area contributed by atoms with Crippen LogP contribution in [0.3, 0.4) is 0 Å². The van der Waals surface area contributed by atoms with E-state index in [0.717, 1.165) is 8.78 Å². The summed E-state index contributed by atoms with van der Waals surface area (Å²) in [5.41, 5.74) is 0. The first-order valence-corrected chi connectivity index (χ1v) is 10.5. The maximum atomic E-state index is 12.8. The van der Waals surface area contributed by atoms with Crippen molar-refractivity contribution < 1.29 is 32.2 Å². The predicted octanol–water partition coefficient (Wildman–Crippen LogP) is -0.353. The van der Waals surface area contributed by atoms with Crippen LogP contribution in [0, 0.1) is 0 Å². The van der Waals surface area contributed by atoms with E-state index in [4.69, 9.17) is 14.2 Å². The van der Waals surface area contributed by atoms with Gasteiger partial charge in [0.15, 0.2) is 6.29 Å². The van der Waals surface area contributed by atoms with E-state index in [-0.39, 0.29) is 31.1 Å². The van der Waals surface area contributed by atoms with Crippen LogP contribution in [0.2, 0.25) is 0 Å². The topological polar surface area (TPSA) is 123 Å². The van der Waals surface area contributed by atoms with Crippen LogP contribution in [-0.4, -0.2) is 77.5 Å². The molecule has 0 spiro atoms. The normalized spacial score (nSPS) is 17.6. The van der Waals surface area contributed by atoms with E-state index in [1.807, 2.05) is 0 Å². The van der Waals surface area contributed by atoms with Crippen LogP contribution in [0.15, 0.2) is 33.6 Å². The van der Waals surface area contributed by atoms with E-state index >= 15 is 0 Å². The molecule has 2 N–H and O–H groups in total. The second kappa shape index (κ2) is 10.3. The molecule has 1 aliphatic rings. The van der Waals surface area contributed by atoms with Crippen molar-refractivity contribution in [2.24, 2.45) is 0 Å². The number of nitrogens with zero attached hydrogens (tertiary/aromatic N) is 1. The molecule has 28 heavy (non-hydrogen) atoms. The van der Waals surface area contributed by atoms with E-state index in [1.54, 1.807) is 12.1 Å². The van der Waals surface area contributed by atoms with Crippen LogP contribution in [0.1, 0.15) is 0 Å². The zero-order chi connectivity index (χ0) is 20.7. The van der Waals surface area contributed by atoms with Gasteiger partial charge in [0.2, 0.25) is 10.0 Å². The molecule has 0 aliphatic carbocycles. The van der Waals surface area contributed by atoms with Gasteiger partial charge < -0.3 is 24.8 Å². The van der Waals surface area contributed by atoms with E-state index in [2.05, 4.69) is 26.6 Å². The Morgan fingerprint density at radius 2 is 1.82 bits per heavy atom. The monoisotopic (exact) mass is 479 g/mol. The Morgan fingerprint density at radius 1 is 1.21 bits per heavy atom. The molecule has 1 aliphatic heterocycles. The molecule has 1 saturated heterocycles. The fourth-order valence-electron chi connectivity index (χ4n) is 2.46. The quantitative estimate of drug-likeness (QED) is 0.385. The lowest BCUT2D eigenvalue weighted by Crippen LogP contribution is -2.48. The fraction of sp³-hybridized carbons (Fsp3) is 0.500. The van der Waals surface area contributed by atoms with Crippen LogP contribution in [0.5, 0.6) is 0 Å². The van der Waals surface area contributed by atoms with Crippen LogP contribution in [0.4, 0.5) is 0 Å². The summed E-state index contributed by atoms with van der Waals surface area (Å²) in [5.74, 6) is -1.80. The van der Waals surface area contributed by atoms with Crippen molar-refractivity contribution in [1.82, 2.24) is 14.9 Å². The van der Waals surface area contributed by atoms with Crippen molar-refractivity contribution in [1.29, 1.82) is 0 Å². The van der Waals surface area contributed by atoms with E-state index in [9.17, 15) is 18.0 Å². The molecule has 0 unspecified atom stereocenters. The van der Waals surface area contributed by atoms with Gasteiger partial charge in [-0.15, -0.1) is 0 Å². The molecule has 0 aromatic heterocycles. The van der Waals surface area contributed by atoms with Crippen molar-refractivity contribution in [3.8, 4) is 0 Å². The van der Waals surface area contributed by atoms with Crippen LogP contribution in [0.25, 0.3) is 0 Å². The summed E-state index contributed by atoms with van der Waals surface area (Å²) in [5, 5.41) is 4.73. The number of methoxy groups -OCH3 is 2. The highest BCUT2D eigenvalue weighted by atomic mass is 79.9. The summed E-state index contributed by atoms with van der Waals surface area (Å²) in [6, 6.07) is 6.20. The largest absolute Gasteiger partial charge is 0.359 e. The van der Waals surface area contributed by atoms with Gasteiger partial charge in [0.05, 0.1) is 24.6 Å². The van der Waals surface area contributed by atoms with Crippen molar-refractivity contribution in [2.45, 2.75) is 17.4 Å². The Balaban J connectivity index is 1.93. The van der Waals surface area contributed by atoms with Gasteiger partial charge in [-0.1, -0.05) is 15.9 Å². The van der Waals surface area contributed by atoms with Crippen molar-refractivity contribution in [2.75, 3.05) is 40.5 Å². The number of sulfonamides is 1. The minimum atomic E-state index is -3.80. The van der Waals surface area contributed by atoms with Gasteiger partial charge in [-0.05, 0) is 24.3 Å². The lowest BCUT2D eigenvalue weighted by Gasteiger charge is -2.23. The molecule has 0 bridgehead atoms. The Bertz CT molecular complexity index is 784. The molecule has 1 heterocycles. The third-order valence-corrected chi connectivity index (χ3v) is 6.39. The van der Waals surface area contributed by atoms with Gasteiger partial charge in [0, 0.05) is 25.2 Å². The molecule has 10 nitrogen and oxygen atoms in total. The second-order valence-electron chi connectivity index (χ2n) is 5.72. The van der Waals surface area contributed by atoms with Crippen molar-refractivity contribution in [3.63, 3.8) is 0 Å². The van der Waals surface area contributed by atoms with E-state index < -0.39 is 34.4 Å². The number of carbonyl (C=O) groups is 2. The first-order chi connectivity index (χ1) is 13.3. The van der Waals surface area contributed by atoms with Crippen LogP contribution in [-0.2, 0) is 33.8 Å². The summed E-state index contributed by atoms with van der Waals surface area (Å²) < 4.78 is 42.7. The Morgan fingerprint density at radius 3 is 2.43 bits per heavy atom. The minimum Gasteiger partial charge on any atom is -0.359 e. The number of carbonyl (C=O) groups excluding carboxylic acids is 2. The molecule has 12 heteroatoms. The highest BCUT2D eigenvalue weighted by Gasteiger charge is 2.36. The Hall–Kier alpha value is -1.57. The molecule has 1 aromatic rings. The lowest BCUT2D eigenvalue weighted by atomic mass is 10.4. The first kappa shape index (κ1) is 22.7. The van der Waals surface area contributed by atoms with Crippen molar-refractivity contribution in [3.05, 3.63) is 28.7 Å². The molecule has 1 atom stereocenters. The van der Waals surface area contributed by atoms with E-state index in [1.165, 1.54) is 26.4 Å². The average molecular weight is 480 g/mol. The number of ether oxygens (including phenoxy) is 3. The number of rotatable bonds is 8. The smallest absolute Gasteiger partial charge is 0.309 e. The molecule has 1 aromatic carbocycles. The molecule has 0 saturated carbocycles. The molecule has 1 fully saturated rings. The second-order valence-corrected chi connectivity index (χ2v) is 8.52. The standard InChI is InChI=1S/C16H22BrN3O7S/c1-25-14(26-2)10-19-16(22)15(21)18-9-13-20(7-8-27-13)28(23,24)12-5-3-11(17)4-6-12/h3-6,13-14H,7-10H2,1-2H3,(H,18,21)(H,19,22)/t13-/m0/s1. The van der Waals surface area contributed by atoms with Crippen LogP contribution >= 0.6 is 15.9 Å². The minimum absolute atomic E-state index is 0.0107. The third kappa shape index (κ3) is 5.72. The summed E-state index contributed by atoms with van der Waals surface area (Å²) in [6.07, 6.45) is -1.59. The van der Waals surface area contributed by atoms with Gasteiger partial charge in [-0.3, -0.25) is 9.59 Å². The van der Waals surface area contributed by atoms with E-state index in [0.29, 0.717) is 0 Å². The number of amides is 2. The molecule has 2 rings (SSSR count). The predicted molar refractivity (Wildman–Crippen MR) is 102 cm³/mol. The summed E-state index contributed by atoms with van der Waals surface area (Å²) in [4.78, 5) is 23.8. The number of hydrogen-bond donors (Lipinski definition) is 2.